The Morgan fingerprint density at radius 3 is 2.08 bits per heavy atom. The van der Waals surface area contributed by atoms with Crippen LogP contribution in [0.15, 0.2) is 71.6 Å². The number of aromatic hydroxyl groups is 1. The highest BCUT2D eigenvalue weighted by molar-refractivity contribution is 7.93. The molecule has 0 spiro atoms. The summed E-state index contributed by atoms with van der Waals surface area (Å²) in [5, 5.41) is 21.2. The van der Waals surface area contributed by atoms with Crippen LogP contribution >= 0.6 is 11.6 Å². The summed E-state index contributed by atoms with van der Waals surface area (Å²) in [6.07, 6.45) is 0. The van der Waals surface area contributed by atoms with Crippen molar-refractivity contribution < 1.29 is 28.2 Å². The van der Waals surface area contributed by atoms with E-state index in [-0.39, 0.29) is 28.1 Å². The molecule has 4 aromatic carbocycles. The van der Waals surface area contributed by atoms with Gasteiger partial charge in [-0.2, -0.15) is 0 Å². The summed E-state index contributed by atoms with van der Waals surface area (Å²) in [6, 6.07) is 17.6. The molecule has 9 heteroatoms. The van der Waals surface area contributed by atoms with Gasteiger partial charge in [-0.1, -0.05) is 49.7 Å². The SMILES string of the molecule is Cc1cc(Oc2ccc(N(CC(C)C)S(=O)(=O)c3cc(C(=O)O)c(O)c4ccccc34)cc2)cc(C)c1Cl. The van der Waals surface area contributed by atoms with E-state index in [0.29, 0.717) is 22.2 Å². The predicted molar refractivity (Wildman–Crippen MR) is 149 cm³/mol. The number of sulfonamides is 1. The summed E-state index contributed by atoms with van der Waals surface area (Å²) in [5.74, 6) is -0.811. The predicted octanol–water partition coefficient (Wildman–Crippen LogP) is 7.16. The molecule has 198 valence electrons. The third kappa shape index (κ3) is 5.28. The first kappa shape index (κ1) is 27.3. The number of carboxylic acids is 1. The number of hydrogen-bond donors (Lipinski definition) is 2. The van der Waals surface area contributed by atoms with E-state index in [4.69, 9.17) is 16.3 Å². The molecule has 2 N–H and O–H groups in total. The van der Waals surface area contributed by atoms with Crippen molar-refractivity contribution in [2.75, 3.05) is 10.8 Å². The Labute approximate surface area is 226 Å². The second kappa shape index (κ2) is 10.6. The van der Waals surface area contributed by atoms with Gasteiger partial charge in [0.15, 0.2) is 0 Å². The Kier molecular flexibility index (Phi) is 7.58. The van der Waals surface area contributed by atoms with Gasteiger partial charge in [0.2, 0.25) is 0 Å². The number of benzene rings is 4. The monoisotopic (exact) mass is 553 g/mol. The summed E-state index contributed by atoms with van der Waals surface area (Å²) in [6.45, 7) is 7.72. The zero-order chi connectivity index (χ0) is 27.8. The van der Waals surface area contributed by atoms with E-state index in [1.54, 1.807) is 42.5 Å². The van der Waals surface area contributed by atoms with E-state index in [9.17, 15) is 23.4 Å². The number of nitrogens with zero attached hydrogens (tertiary/aromatic N) is 1. The molecule has 0 fully saturated rings. The number of carbonyl (C=O) groups is 1. The molecule has 0 aromatic heterocycles. The number of hydrogen-bond acceptors (Lipinski definition) is 5. The molecule has 0 unspecified atom stereocenters. The van der Waals surface area contributed by atoms with Crippen LogP contribution in [0.25, 0.3) is 10.8 Å². The van der Waals surface area contributed by atoms with Gasteiger partial charge in [0.05, 0.1) is 10.6 Å². The van der Waals surface area contributed by atoms with Crippen molar-refractivity contribution in [1.82, 2.24) is 0 Å². The number of aryl methyl sites for hydroxylation is 2. The maximum atomic E-state index is 14.1. The fourth-order valence-electron chi connectivity index (χ4n) is 4.28. The fraction of sp³-hybridized carbons (Fsp3) is 0.207. The highest BCUT2D eigenvalue weighted by Crippen LogP contribution is 2.37. The lowest BCUT2D eigenvalue weighted by atomic mass is 10.1. The van der Waals surface area contributed by atoms with Crippen molar-refractivity contribution in [2.24, 2.45) is 5.92 Å². The summed E-state index contributed by atoms with van der Waals surface area (Å²) in [4.78, 5) is 11.6. The second-order valence-electron chi connectivity index (χ2n) is 9.52. The summed E-state index contributed by atoms with van der Waals surface area (Å²) < 4.78 is 35.3. The maximum absolute atomic E-state index is 14.1. The Balaban J connectivity index is 1.78. The highest BCUT2D eigenvalue weighted by Gasteiger charge is 2.30. The van der Waals surface area contributed by atoms with E-state index in [1.165, 1.54) is 10.4 Å². The Hall–Kier alpha value is -3.75. The van der Waals surface area contributed by atoms with E-state index < -0.39 is 27.3 Å². The van der Waals surface area contributed by atoms with E-state index >= 15 is 0 Å². The Bertz CT molecular complexity index is 1610. The minimum absolute atomic E-state index is 0.0388. The summed E-state index contributed by atoms with van der Waals surface area (Å²) >= 11 is 6.25. The zero-order valence-electron chi connectivity index (χ0n) is 21.4. The number of anilines is 1. The molecule has 0 heterocycles. The molecular weight excluding hydrogens is 526 g/mol. The molecule has 0 saturated carbocycles. The first-order valence-corrected chi connectivity index (χ1v) is 13.8. The second-order valence-corrected chi connectivity index (χ2v) is 11.7. The number of rotatable bonds is 8. The van der Waals surface area contributed by atoms with Crippen LogP contribution in [0.5, 0.6) is 17.2 Å². The molecule has 0 aliphatic rings. The first-order chi connectivity index (χ1) is 17.9. The smallest absolute Gasteiger partial charge is 0.339 e. The molecule has 0 saturated heterocycles. The van der Waals surface area contributed by atoms with Crippen LogP contribution in [0.1, 0.15) is 35.3 Å². The lowest BCUT2D eigenvalue weighted by Gasteiger charge is -2.27. The normalized spacial score (nSPS) is 11.6. The maximum Gasteiger partial charge on any atom is 0.339 e. The topological polar surface area (TPSA) is 104 Å². The number of aromatic carboxylic acids is 1. The van der Waals surface area contributed by atoms with Crippen molar-refractivity contribution in [2.45, 2.75) is 32.6 Å². The lowest BCUT2D eigenvalue weighted by molar-refractivity contribution is 0.0693. The van der Waals surface area contributed by atoms with E-state index in [0.717, 1.165) is 17.2 Å². The molecule has 0 aliphatic heterocycles. The zero-order valence-corrected chi connectivity index (χ0v) is 23.0. The molecule has 0 amide bonds. The van der Waals surface area contributed by atoms with E-state index in [2.05, 4.69) is 0 Å². The minimum atomic E-state index is -4.23. The van der Waals surface area contributed by atoms with Gasteiger partial charge >= 0.3 is 5.97 Å². The van der Waals surface area contributed by atoms with Gasteiger partial charge in [-0.25, -0.2) is 13.2 Å². The highest BCUT2D eigenvalue weighted by atomic mass is 35.5. The van der Waals surface area contributed by atoms with Crippen LogP contribution in [-0.2, 0) is 10.0 Å². The average Bonchev–Trinajstić information content (AvgIpc) is 2.86. The molecule has 0 radical (unpaired) electrons. The van der Waals surface area contributed by atoms with Gasteiger partial charge in [-0.05, 0) is 73.4 Å². The van der Waals surface area contributed by atoms with Crippen LogP contribution < -0.4 is 9.04 Å². The van der Waals surface area contributed by atoms with Gasteiger partial charge in [0.1, 0.15) is 22.8 Å². The number of ether oxygens (including phenoxy) is 1. The van der Waals surface area contributed by atoms with Crippen LogP contribution in [0.3, 0.4) is 0 Å². The van der Waals surface area contributed by atoms with Gasteiger partial charge in [-0.3, -0.25) is 4.31 Å². The van der Waals surface area contributed by atoms with Crippen molar-refractivity contribution >= 4 is 44.1 Å². The number of halogens is 1. The standard InChI is InChI=1S/C29H28ClNO6S/c1-17(2)16-31(20-9-11-21(12-10-20)37-22-13-18(3)27(30)19(4)14-22)38(35,36)26-15-25(29(33)34)28(32)24-8-6-5-7-23(24)26/h5-15,17,32H,16H2,1-4H3,(H,33,34). The summed E-state index contributed by atoms with van der Waals surface area (Å²) in [5.41, 5.74) is 1.68. The first-order valence-electron chi connectivity index (χ1n) is 12.0. The molecule has 4 aromatic rings. The van der Waals surface area contributed by atoms with Crippen molar-refractivity contribution in [1.29, 1.82) is 0 Å². The van der Waals surface area contributed by atoms with Crippen LogP contribution in [0.2, 0.25) is 5.02 Å². The quantitative estimate of drug-likeness (QED) is 0.240. The van der Waals surface area contributed by atoms with Crippen LogP contribution in [-0.4, -0.2) is 31.1 Å². The fourth-order valence-corrected chi connectivity index (χ4v) is 6.24. The largest absolute Gasteiger partial charge is 0.506 e. The van der Waals surface area contributed by atoms with E-state index in [1.807, 2.05) is 39.8 Å². The minimum Gasteiger partial charge on any atom is -0.506 e. The van der Waals surface area contributed by atoms with Crippen LogP contribution in [0.4, 0.5) is 5.69 Å². The molecule has 4 rings (SSSR count). The third-order valence-corrected chi connectivity index (χ3v) is 8.51. The van der Waals surface area contributed by atoms with Gasteiger partial charge in [-0.15, -0.1) is 0 Å². The average molecular weight is 554 g/mol. The van der Waals surface area contributed by atoms with Crippen molar-refractivity contribution in [3.05, 3.63) is 88.4 Å². The van der Waals surface area contributed by atoms with Crippen molar-refractivity contribution in [3.63, 3.8) is 0 Å². The molecular formula is C29H28ClNO6S. The lowest BCUT2D eigenvalue weighted by Crippen LogP contribution is -2.34. The number of carboxylic acid groups (broad SMARTS) is 1. The molecule has 0 atom stereocenters. The van der Waals surface area contributed by atoms with Crippen molar-refractivity contribution in [3.8, 4) is 17.2 Å². The Morgan fingerprint density at radius 1 is 0.947 bits per heavy atom. The van der Waals surface area contributed by atoms with Crippen LogP contribution in [0, 0.1) is 19.8 Å². The molecule has 38 heavy (non-hydrogen) atoms. The molecule has 0 bridgehead atoms. The molecule has 0 aliphatic carbocycles. The van der Waals surface area contributed by atoms with Gasteiger partial charge in [0.25, 0.3) is 10.0 Å². The summed E-state index contributed by atoms with van der Waals surface area (Å²) in [7, 11) is -4.23. The number of fused-ring (bicyclic) bond motifs is 1. The van der Waals surface area contributed by atoms with Gasteiger partial charge in [0, 0.05) is 22.3 Å². The van der Waals surface area contributed by atoms with Gasteiger partial charge < -0.3 is 14.9 Å². The number of phenols is 1. The third-order valence-electron chi connectivity index (χ3n) is 6.08. The Morgan fingerprint density at radius 2 is 1.53 bits per heavy atom. The molecule has 7 nitrogen and oxygen atoms in total.